The minimum Gasteiger partial charge on any atom is -0.467 e. The van der Waals surface area contributed by atoms with E-state index in [-0.39, 0.29) is 5.97 Å². The summed E-state index contributed by atoms with van der Waals surface area (Å²) in [4.78, 5) is 23.5. The Balaban J connectivity index is 1.76. The molecule has 1 aliphatic heterocycles. The molecule has 10 heteroatoms. The molecule has 0 bridgehead atoms. The van der Waals surface area contributed by atoms with E-state index in [1.165, 1.54) is 7.11 Å². The van der Waals surface area contributed by atoms with Gasteiger partial charge in [0.2, 0.25) is 11.8 Å². The van der Waals surface area contributed by atoms with E-state index in [0.29, 0.717) is 41.8 Å². The van der Waals surface area contributed by atoms with Crippen LogP contribution in [-0.4, -0.2) is 55.0 Å². The van der Waals surface area contributed by atoms with Crippen LogP contribution in [0.25, 0.3) is 28.3 Å². The van der Waals surface area contributed by atoms with Gasteiger partial charge in [-0.3, -0.25) is 4.68 Å². The first-order valence-corrected chi connectivity index (χ1v) is 8.64. The van der Waals surface area contributed by atoms with E-state index in [1.54, 1.807) is 27.6 Å². The summed E-state index contributed by atoms with van der Waals surface area (Å²) < 4.78 is 13.7. The van der Waals surface area contributed by atoms with Crippen molar-refractivity contribution in [2.24, 2.45) is 7.05 Å². The molecule has 0 amide bonds. The van der Waals surface area contributed by atoms with Crippen molar-refractivity contribution >= 4 is 28.6 Å². The largest absolute Gasteiger partial charge is 0.467 e. The van der Waals surface area contributed by atoms with Gasteiger partial charge in [-0.05, 0) is 25.0 Å². The molecule has 4 aromatic rings. The number of esters is 1. The van der Waals surface area contributed by atoms with Crippen molar-refractivity contribution in [3.8, 4) is 11.6 Å². The van der Waals surface area contributed by atoms with Gasteiger partial charge >= 0.3 is 5.97 Å². The lowest BCUT2D eigenvalue weighted by Gasteiger charge is -2.23. The second kappa shape index (κ2) is 5.79. The molecular formula is C17H17N7O3. The van der Waals surface area contributed by atoms with E-state index in [0.717, 1.165) is 11.8 Å². The molecule has 1 aliphatic rings. The summed E-state index contributed by atoms with van der Waals surface area (Å²) in [6.45, 7) is 0.677. The van der Waals surface area contributed by atoms with Crippen LogP contribution in [0.5, 0.6) is 0 Å². The Morgan fingerprint density at radius 2 is 2.22 bits per heavy atom. The van der Waals surface area contributed by atoms with Crippen LogP contribution < -0.4 is 4.90 Å². The summed E-state index contributed by atoms with van der Waals surface area (Å²) in [7, 11) is 3.23. The Kier molecular flexibility index (Phi) is 3.39. The molecule has 0 unspecified atom stereocenters. The van der Waals surface area contributed by atoms with Gasteiger partial charge in [0.1, 0.15) is 6.04 Å². The summed E-state index contributed by atoms with van der Waals surface area (Å²) in [6, 6.07) is 3.19. The zero-order valence-corrected chi connectivity index (χ0v) is 14.9. The number of anilines is 1. The maximum Gasteiger partial charge on any atom is 0.328 e. The number of carbonyl (C=O) groups is 1. The average Bonchev–Trinajstić information content (AvgIpc) is 3.44. The molecule has 0 aliphatic carbocycles. The predicted octanol–water partition coefficient (Wildman–Crippen LogP) is 1.41. The fourth-order valence-corrected chi connectivity index (χ4v) is 3.57. The molecule has 0 radical (unpaired) electrons. The van der Waals surface area contributed by atoms with Gasteiger partial charge in [0.05, 0.1) is 18.8 Å². The van der Waals surface area contributed by atoms with Gasteiger partial charge in [-0.25, -0.2) is 9.78 Å². The fraction of sp³-hybridized carbons (Fsp3) is 0.353. The van der Waals surface area contributed by atoms with Crippen molar-refractivity contribution in [3.05, 3.63) is 24.6 Å². The summed E-state index contributed by atoms with van der Waals surface area (Å²) >= 11 is 0. The zero-order valence-electron chi connectivity index (χ0n) is 14.9. The molecule has 27 heavy (non-hydrogen) atoms. The number of nitrogens with zero attached hydrogens (tertiary/aromatic N) is 7. The first-order valence-electron chi connectivity index (χ1n) is 8.64. The molecular weight excluding hydrogens is 350 g/mol. The number of furan rings is 1. The number of methoxy groups -OCH3 is 1. The first-order chi connectivity index (χ1) is 13.2. The second-order valence-electron chi connectivity index (χ2n) is 6.47. The van der Waals surface area contributed by atoms with Crippen molar-refractivity contribution in [2.45, 2.75) is 18.9 Å². The lowest BCUT2D eigenvalue weighted by Crippen LogP contribution is -2.38. The van der Waals surface area contributed by atoms with Crippen LogP contribution in [0.3, 0.4) is 0 Å². The summed E-state index contributed by atoms with van der Waals surface area (Å²) in [5.74, 6) is 1.25. The van der Waals surface area contributed by atoms with Crippen LogP contribution in [0.2, 0.25) is 0 Å². The molecule has 5 heterocycles. The van der Waals surface area contributed by atoms with Crippen molar-refractivity contribution in [1.29, 1.82) is 0 Å². The molecule has 1 atom stereocenters. The number of aromatic nitrogens is 6. The molecule has 1 fully saturated rings. The van der Waals surface area contributed by atoms with E-state index in [1.807, 2.05) is 18.1 Å². The Morgan fingerprint density at radius 3 is 3.00 bits per heavy atom. The first kappa shape index (κ1) is 15.8. The molecule has 0 saturated carbocycles. The van der Waals surface area contributed by atoms with Crippen molar-refractivity contribution < 1.29 is 13.9 Å². The van der Waals surface area contributed by atoms with Crippen LogP contribution >= 0.6 is 0 Å². The number of rotatable bonds is 3. The number of aryl methyl sites for hydroxylation is 1. The molecule has 4 aromatic heterocycles. The van der Waals surface area contributed by atoms with E-state index in [9.17, 15) is 4.79 Å². The van der Waals surface area contributed by atoms with Gasteiger partial charge in [0.25, 0.3) is 0 Å². The highest BCUT2D eigenvalue weighted by molar-refractivity contribution is 5.91. The number of ether oxygens (including phenoxy) is 1. The molecule has 1 saturated heterocycles. The summed E-state index contributed by atoms with van der Waals surface area (Å²) in [6.07, 6.45) is 5.00. The lowest BCUT2D eigenvalue weighted by atomic mass is 10.2. The number of fused-ring (bicyclic) bond motifs is 3. The highest BCUT2D eigenvalue weighted by Gasteiger charge is 2.35. The smallest absolute Gasteiger partial charge is 0.328 e. The normalized spacial score (nSPS) is 17.3. The average molecular weight is 367 g/mol. The van der Waals surface area contributed by atoms with Crippen LogP contribution in [0.15, 0.2) is 29.0 Å². The van der Waals surface area contributed by atoms with Gasteiger partial charge in [-0.1, -0.05) is 0 Å². The molecule has 10 nitrogen and oxygen atoms in total. The van der Waals surface area contributed by atoms with Gasteiger partial charge in [0.15, 0.2) is 17.1 Å². The van der Waals surface area contributed by atoms with Crippen LogP contribution in [0.1, 0.15) is 12.8 Å². The molecule has 0 spiro atoms. The Morgan fingerprint density at radius 1 is 1.33 bits per heavy atom. The third-order valence-corrected chi connectivity index (χ3v) is 4.78. The summed E-state index contributed by atoms with van der Waals surface area (Å²) in [5, 5.41) is 9.79. The molecule has 5 rings (SSSR count). The molecule has 0 N–H and O–H groups in total. The Labute approximate surface area is 153 Å². The van der Waals surface area contributed by atoms with Crippen molar-refractivity contribution in [2.75, 3.05) is 18.6 Å². The van der Waals surface area contributed by atoms with Gasteiger partial charge in [-0.15, -0.1) is 5.10 Å². The Bertz CT molecular complexity index is 1140. The van der Waals surface area contributed by atoms with Crippen molar-refractivity contribution in [1.82, 2.24) is 29.4 Å². The van der Waals surface area contributed by atoms with E-state index >= 15 is 0 Å². The zero-order chi connectivity index (χ0) is 18.5. The van der Waals surface area contributed by atoms with Crippen molar-refractivity contribution in [3.63, 3.8) is 0 Å². The number of hydrogen-bond acceptors (Lipinski definition) is 8. The van der Waals surface area contributed by atoms with Gasteiger partial charge in [0, 0.05) is 19.8 Å². The summed E-state index contributed by atoms with van der Waals surface area (Å²) in [5.41, 5.74) is 1.17. The Hall–Kier alpha value is -3.43. The highest BCUT2D eigenvalue weighted by Crippen LogP contribution is 2.29. The fourth-order valence-electron chi connectivity index (χ4n) is 3.57. The van der Waals surface area contributed by atoms with E-state index in [4.69, 9.17) is 9.15 Å². The SMILES string of the molecule is COC(=O)[C@@H]1CCCN1c1nc2nn(C)cc2c2nc(-c3ccco3)nn12. The quantitative estimate of drug-likeness (QED) is 0.501. The van der Waals surface area contributed by atoms with Gasteiger partial charge in [-0.2, -0.15) is 14.6 Å². The monoisotopic (exact) mass is 367 g/mol. The van der Waals surface area contributed by atoms with E-state index in [2.05, 4.69) is 20.2 Å². The van der Waals surface area contributed by atoms with E-state index < -0.39 is 6.04 Å². The number of hydrogen-bond donors (Lipinski definition) is 0. The lowest BCUT2D eigenvalue weighted by molar-refractivity contribution is -0.141. The third-order valence-electron chi connectivity index (χ3n) is 4.78. The number of carbonyl (C=O) groups excluding carboxylic acids is 1. The predicted molar refractivity (Wildman–Crippen MR) is 95.1 cm³/mol. The standard InChI is InChI=1S/C17H17N7O3/c1-22-9-10-13(20-22)19-17(23-7-3-5-11(23)16(25)26-2)24-15(10)18-14(21-24)12-6-4-8-27-12/h4,6,8-9,11H,3,5,7H2,1-2H3/t11-/m0/s1. The van der Waals surface area contributed by atoms with Gasteiger partial charge < -0.3 is 14.1 Å². The highest BCUT2D eigenvalue weighted by atomic mass is 16.5. The van der Waals surface area contributed by atoms with Crippen LogP contribution in [0.4, 0.5) is 5.95 Å². The van der Waals surface area contributed by atoms with Crippen LogP contribution in [-0.2, 0) is 16.6 Å². The maximum absolute atomic E-state index is 12.2. The second-order valence-corrected chi connectivity index (χ2v) is 6.47. The molecule has 138 valence electrons. The third kappa shape index (κ3) is 2.36. The topological polar surface area (TPSA) is 104 Å². The minimum absolute atomic E-state index is 0.282. The minimum atomic E-state index is -0.400. The van der Waals surface area contributed by atoms with Crippen LogP contribution in [0, 0.1) is 0 Å². The molecule has 0 aromatic carbocycles. The maximum atomic E-state index is 12.2.